The molecule has 0 unspecified atom stereocenters. The Kier molecular flexibility index (Phi) is 3.79. The Morgan fingerprint density at radius 1 is 1.30 bits per heavy atom. The first kappa shape index (κ1) is 14.1. The van der Waals surface area contributed by atoms with E-state index in [2.05, 4.69) is 4.98 Å². The maximum Gasteiger partial charge on any atom is 0.405 e. The summed E-state index contributed by atoms with van der Waals surface area (Å²) in [6.07, 6.45) is -4.31. The normalized spacial score (nSPS) is 11.3. The van der Waals surface area contributed by atoms with Crippen molar-refractivity contribution in [2.45, 2.75) is 13.1 Å². The van der Waals surface area contributed by atoms with Crippen molar-refractivity contribution in [3.05, 3.63) is 35.9 Å². The molecule has 0 spiro atoms. The zero-order valence-corrected chi connectivity index (χ0v) is 10.8. The van der Waals surface area contributed by atoms with Crippen LogP contribution in [-0.4, -0.2) is 24.2 Å². The Morgan fingerprint density at radius 2 is 2.00 bits per heavy atom. The molecule has 0 atom stereocenters. The number of pyridine rings is 1. The Bertz CT molecular complexity index is 659. The Balaban J connectivity index is 2.51. The Hall–Kier alpha value is -2.29. The number of hydrogen-bond donors (Lipinski definition) is 0. The molecule has 1 heterocycles. The van der Waals surface area contributed by atoms with Crippen LogP contribution in [0.1, 0.15) is 12.5 Å². The summed E-state index contributed by atoms with van der Waals surface area (Å²) in [4.78, 5) is 5.32. The van der Waals surface area contributed by atoms with Crippen molar-refractivity contribution in [2.24, 2.45) is 0 Å². The molecule has 6 heteroatoms. The lowest BCUT2D eigenvalue weighted by molar-refractivity contribution is -0.119. The van der Waals surface area contributed by atoms with Crippen LogP contribution >= 0.6 is 0 Å². The minimum Gasteiger partial charge on any atom is -0.348 e. The number of nitriles is 1. The molecular weight excluding hydrogens is 267 g/mol. The molecule has 2 aromatic rings. The van der Waals surface area contributed by atoms with Gasteiger partial charge in [-0.1, -0.05) is 18.2 Å². The summed E-state index contributed by atoms with van der Waals surface area (Å²) in [5.74, 6) is 0.167. The first-order valence-corrected chi connectivity index (χ1v) is 6.06. The summed E-state index contributed by atoms with van der Waals surface area (Å²) in [6, 6.07) is 10.3. The lowest BCUT2D eigenvalue weighted by atomic mass is 10.1. The molecule has 0 radical (unpaired) electrons. The third-order valence-corrected chi connectivity index (χ3v) is 2.90. The van der Waals surface area contributed by atoms with Crippen LogP contribution < -0.4 is 4.90 Å². The number of aromatic nitrogens is 1. The molecule has 0 aliphatic rings. The second-order valence-electron chi connectivity index (χ2n) is 4.29. The molecule has 0 bridgehead atoms. The summed E-state index contributed by atoms with van der Waals surface area (Å²) in [5.41, 5.74) is 0.841. The van der Waals surface area contributed by atoms with E-state index in [0.717, 1.165) is 4.90 Å². The summed E-state index contributed by atoms with van der Waals surface area (Å²) < 4.78 is 37.6. The average Bonchev–Trinajstić information content (AvgIpc) is 2.42. The maximum atomic E-state index is 12.5. The monoisotopic (exact) mass is 279 g/mol. The summed E-state index contributed by atoms with van der Waals surface area (Å²) in [7, 11) is 0. The van der Waals surface area contributed by atoms with Crippen LogP contribution in [0.4, 0.5) is 19.0 Å². The average molecular weight is 279 g/mol. The van der Waals surface area contributed by atoms with E-state index in [9.17, 15) is 13.2 Å². The molecule has 0 amide bonds. The van der Waals surface area contributed by atoms with Crippen LogP contribution in [0.2, 0.25) is 0 Å². The van der Waals surface area contributed by atoms with Crippen molar-refractivity contribution in [2.75, 3.05) is 18.0 Å². The minimum atomic E-state index is -4.31. The van der Waals surface area contributed by atoms with E-state index < -0.39 is 12.7 Å². The van der Waals surface area contributed by atoms with Crippen molar-refractivity contribution in [1.29, 1.82) is 5.26 Å². The number of anilines is 1. The highest BCUT2D eigenvalue weighted by atomic mass is 19.4. The largest absolute Gasteiger partial charge is 0.405 e. The fourth-order valence-electron chi connectivity index (χ4n) is 1.99. The van der Waals surface area contributed by atoms with Crippen LogP contribution in [0, 0.1) is 11.3 Å². The quantitative estimate of drug-likeness (QED) is 0.863. The van der Waals surface area contributed by atoms with E-state index in [1.807, 2.05) is 6.07 Å². The van der Waals surface area contributed by atoms with Crippen LogP contribution in [0.5, 0.6) is 0 Å². The molecule has 0 aliphatic carbocycles. The van der Waals surface area contributed by atoms with Gasteiger partial charge in [0.2, 0.25) is 0 Å². The van der Waals surface area contributed by atoms with Gasteiger partial charge in [0.05, 0.1) is 17.1 Å². The Morgan fingerprint density at radius 3 is 2.60 bits per heavy atom. The number of halogens is 3. The zero-order valence-electron chi connectivity index (χ0n) is 10.8. The summed E-state index contributed by atoms with van der Waals surface area (Å²) in [6.45, 7) is 0.698. The predicted octanol–water partition coefficient (Wildman–Crippen LogP) is 3.50. The predicted molar refractivity (Wildman–Crippen MR) is 70.4 cm³/mol. The van der Waals surface area contributed by atoms with Gasteiger partial charge in [0.25, 0.3) is 0 Å². The first-order valence-electron chi connectivity index (χ1n) is 6.06. The SMILES string of the molecule is CCN(CC(F)(F)F)c1cc(C#N)c2ccccc2n1. The number of alkyl halides is 3. The Labute approximate surface area is 114 Å². The lowest BCUT2D eigenvalue weighted by Crippen LogP contribution is -2.34. The standard InChI is InChI=1S/C14H12F3N3/c1-2-20(9-14(15,16)17)13-7-10(8-18)11-5-3-4-6-12(11)19-13/h3-7H,2,9H2,1H3. The number of benzene rings is 1. The number of fused-ring (bicyclic) bond motifs is 1. The molecule has 1 aromatic carbocycles. The second-order valence-corrected chi connectivity index (χ2v) is 4.29. The maximum absolute atomic E-state index is 12.5. The van der Waals surface area contributed by atoms with Gasteiger partial charge in [0, 0.05) is 11.9 Å². The molecule has 1 aromatic heterocycles. The van der Waals surface area contributed by atoms with Crippen LogP contribution in [-0.2, 0) is 0 Å². The van der Waals surface area contributed by atoms with Crippen LogP contribution in [0.25, 0.3) is 10.9 Å². The fraction of sp³-hybridized carbons (Fsp3) is 0.286. The zero-order chi connectivity index (χ0) is 14.8. The highest BCUT2D eigenvalue weighted by molar-refractivity contribution is 5.86. The molecule has 0 saturated carbocycles. The van der Waals surface area contributed by atoms with Gasteiger partial charge in [0.15, 0.2) is 0 Å². The third-order valence-electron chi connectivity index (χ3n) is 2.90. The third kappa shape index (κ3) is 2.99. The van der Waals surface area contributed by atoms with Crippen molar-refractivity contribution >= 4 is 16.7 Å². The number of para-hydroxylation sites is 1. The van der Waals surface area contributed by atoms with Gasteiger partial charge in [-0.2, -0.15) is 18.4 Å². The summed E-state index contributed by atoms with van der Waals surface area (Å²) >= 11 is 0. The van der Waals surface area contributed by atoms with Crippen molar-refractivity contribution in [3.8, 4) is 6.07 Å². The highest BCUT2D eigenvalue weighted by Crippen LogP contribution is 2.25. The fourth-order valence-corrected chi connectivity index (χ4v) is 1.99. The molecule has 0 saturated heterocycles. The van der Waals surface area contributed by atoms with E-state index in [1.165, 1.54) is 6.07 Å². The molecule has 0 N–H and O–H groups in total. The van der Waals surface area contributed by atoms with Gasteiger partial charge in [0.1, 0.15) is 12.4 Å². The van der Waals surface area contributed by atoms with E-state index in [4.69, 9.17) is 5.26 Å². The van der Waals surface area contributed by atoms with Gasteiger partial charge in [-0.05, 0) is 19.1 Å². The van der Waals surface area contributed by atoms with Crippen LogP contribution in [0.3, 0.4) is 0 Å². The second kappa shape index (κ2) is 5.37. The van der Waals surface area contributed by atoms with Gasteiger partial charge in [-0.25, -0.2) is 4.98 Å². The van der Waals surface area contributed by atoms with E-state index in [-0.39, 0.29) is 12.4 Å². The van der Waals surface area contributed by atoms with Crippen molar-refractivity contribution < 1.29 is 13.2 Å². The van der Waals surface area contributed by atoms with Gasteiger partial charge in [-0.15, -0.1) is 0 Å². The highest BCUT2D eigenvalue weighted by Gasteiger charge is 2.31. The van der Waals surface area contributed by atoms with Gasteiger partial charge in [-0.3, -0.25) is 0 Å². The topological polar surface area (TPSA) is 39.9 Å². The first-order chi connectivity index (χ1) is 9.44. The van der Waals surface area contributed by atoms with E-state index in [1.54, 1.807) is 31.2 Å². The van der Waals surface area contributed by atoms with Gasteiger partial charge < -0.3 is 4.90 Å². The van der Waals surface area contributed by atoms with Crippen molar-refractivity contribution in [3.63, 3.8) is 0 Å². The number of hydrogen-bond acceptors (Lipinski definition) is 3. The minimum absolute atomic E-state index is 0.162. The van der Waals surface area contributed by atoms with E-state index in [0.29, 0.717) is 16.5 Å². The molecular formula is C14H12F3N3. The molecule has 20 heavy (non-hydrogen) atoms. The molecule has 0 fully saturated rings. The molecule has 0 aliphatic heterocycles. The molecule has 104 valence electrons. The van der Waals surface area contributed by atoms with Gasteiger partial charge >= 0.3 is 6.18 Å². The number of nitrogens with zero attached hydrogens (tertiary/aromatic N) is 3. The molecule has 3 nitrogen and oxygen atoms in total. The van der Waals surface area contributed by atoms with Crippen molar-refractivity contribution in [1.82, 2.24) is 4.98 Å². The molecule has 2 rings (SSSR count). The lowest BCUT2D eigenvalue weighted by Gasteiger charge is -2.23. The smallest absolute Gasteiger partial charge is 0.348 e. The van der Waals surface area contributed by atoms with Crippen LogP contribution in [0.15, 0.2) is 30.3 Å². The van der Waals surface area contributed by atoms with E-state index >= 15 is 0 Å². The number of rotatable bonds is 3. The summed E-state index contributed by atoms with van der Waals surface area (Å²) in [5, 5.41) is 9.77.